The Hall–Kier alpha value is -0.890. The van der Waals surface area contributed by atoms with Gasteiger partial charge in [0.05, 0.1) is 11.6 Å². The monoisotopic (exact) mass is 239 g/mol. The van der Waals surface area contributed by atoms with Crippen LogP contribution in [0.2, 0.25) is 5.02 Å². The normalized spacial score (nSPS) is 15.6. The van der Waals surface area contributed by atoms with Crippen molar-refractivity contribution in [3.8, 4) is 5.75 Å². The van der Waals surface area contributed by atoms with Crippen LogP contribution >= 0.6 is 11.6 Å². The predicted octanol–water partition coefficient (Wildman–Crippen LogP) is 3.95. The van der Waals surface area contributed by atoms with Gasteiger partial charge in [-0.25, -0.2) is 0 Å². The van der Waals surface area contributed by atoms with E-state index in [2.05, 4.69) is 5.32 Å². The summed E-state index contributed by atoms with van der Waals surface area (Å²) in [6.07, 6.45) is 4.10. The van der Waals surface area contributed by atoms with Crippen molar-refractivity contribution in [1.82, 2.24) is 0 Å². The van der Waals surface area contributed by atoms with Gasteiger partial charge in [0, 0.05) is 12.2 Å². The Bertz CT molecular complexity index is 350. The van der Waals surface area contributed by atoms with Crippen LogP contribution in [-0.2, 0) is 0 Å². The fourth-order valence-electron chi connectivity index (χ4n) is 1.84. The van der Waals surface area contributed by atoms with E-state index in [4.69, 9.17) is 16.3 Å². The van der Waals surface area contributed by atoms with E-state index in [1.54, 1.807) is 0 Å². The van der Waals surface area contributed by atoms with Crippen molar-refractivity contribution in [3.63, 3.8) is 0 Å². The highest BCUT2D eigenvalue weighted by atomic mass is 35.5. The molecule has 0 saturated heterocycles. The minimum atomic E-state index is 0.647. The molecule has 1 N–H and O–H groups in total. The maximum Gasteiger partial charge on any atom is 0.138 e. The van der Waals surface area contributed by atoms with Crippen molar-refractivity contribution in [2.75, 3.05) is 18.5 Å². The highest BCUT2D eigenvalue weighted by molar-refractivity contribution is 6.32. The summed E-state index contributed by atoms with van der Waals surface area (Å²) in [5.74, 6) is 1.61. The quantitative estimate of drug-likeness (QED) is 0.840. The average Bonchev–Trinajstić information content (AvgIpc) is 2.20. The number of hydrogen-bond acceptors (Lipinski definition) is 2. The molecule has 1 fully saturated rings. The molecule has 0 aliphatic heterocycles. The molecule has 1 aliphatic rings. The highest BCUT2D eigenvalue weighted by Crippen LogP contribution is 2.29. The summed E-state index contributed by atoms with van der Waals surface area (Å²) in [5.41, 5.74) is 1.08. The van der Waals surface area contributed by atoms with Gasteiger partial charge in [0.25, 0.3) is 0 Å². The second-order valence-corrected chi connectivity index (χ2v) is 4.66. The molecule has 0 amide bonds. The Balaban J connectivity index is 1.91. The summed E-state index contributed by atoms with van der Waals surface area (Å²) < 4.78 is 5.39. The van der Waals surface area contributed by atoms with Gasteiger partial charge in [-0.2, -0.15) is 0 Å². The molecule has 16 heavy (non-hydrogen) atoms. The molecule has 0 aromatic heterocycles. The molecule has 1 aliphatic carbocycles. The number of anilines is 1. The van der Waals surface area contributed by atoms with E-state index in [1.807, 2.05) is 25.1 Å². The predicted molar refractivity (Wildman–Crippen MR) is 68.5 cm³/mol. The van der Waals surface area contributed by atoms with Gasteiger partial charge in [-0.3, -0.25) is 0 Å². The molecule has 1 saturated carbocycles. The SMILES string of the molecule is CCOc1ccc(NCC2CCC2)cc1Cl. The second-order valence-electron chi connectivity index (χ2n) is 4.26. The number of benzene rings is 1. The van der Waals surface area contributed by atoms with Crippen molar-refractivity contribution in [2.45, 2.75) is 26.2 Å². The lowest BCUT2D eigenvalue weighted by Crippen LogP contribution is -2.20. The van der Waals surface area contributed by atoms with Gasteiger partial charge in [-0.1, -0.05) is 18.0 Å². The Morgan fingerprint density at radius 1 is 1.44 bits per heavy atom. The molecular formula is C13H18ClNO. The van der Waals surface area contributed by atoms with E-state index in [9.17, 15) is 0 Å². The summed E-state index contributed by atoms with van der Waals surface area (Å²) >= 11 is 6.11. The summed E-state index contributed by atoms with van der Waals surface area (Å²) in [6, 6.07) is 5.88. The van der Waals surface area contributed by atoms with Gasteiger partial charge >= 0.3 is 0 Å². The van der Waals surface area contributed by atoms with Crippen LogP contribution in [0.4, 0.5) is 5.69 Å². The molecular weight excluding hydrogens is 222 g/mol. The summed E-state index contributed by atoms with van der Waals surface area (Å²) in [6.45, 7) is 3.66. The molecule has 1 aromatic rings. The first-order chi connectivity index (χ1) is 7.79. The number of rotatable bonds is 5. The van der Waals surface area contributed by atoms with Crippen LogP contribution in [-0.4, -0.2) is 13.2 Å². The van der Waals surface area contributed by atoms with Crippen molar-refractivity contribution in [3.05, 3.63) is 23.2 Å². The molecule has 0 radical (unpaired) electrons. The van der Waals surface area contributed by atoms with Crippen LogP contribution in [0.15, 0.2) is 18.2 Å². The summed E-state index contributed by atoms with van der Waals surface area (Å²) in [5, 5.41) is 4.10. The van der Waals surface area contributed by atoms with E-state index >= 15 is 0 Å². The van der Waals surface area contributed by atoms with Crippen molar-refractivity contribution < 1.29 is 4.74 Å². The highest BCUT2D eigenvalue weighted by Gasteiger charge is 2.16. The fraction of sp³-hybridized carbons (Fsp3) is 0.538. The maximum absolute atomic E-state index is 6.11. The zero-order chi connectivity index (χ0) is 11.4. The third-order valence-electron chi connectivity index (χ3n) is 3.05. The summed E-state index contributed by atoms with van der Waals surface area (Å²) in [4.78, 5) is 0. The molecule has 88 valence electrons. The zero-order valence-corrected chi connectivity index (χ0v) is 10.4. The number of hydrogen-bond donors (Lipinski definition) is 1. The molecule has 0 heterocycles. The van der Waals surface area contributed by atoms with Crippen LogP contribution in [0, 0.1) is 5.92 Å². The van der Waals surface area contributed by atoms with Crippen LogP contribution in [0.1, 0.15) is 26.2 Å². The minimum Gasteiger partial charge on any atom is -0.492 e. The van der Waals surface area contributed by atoms with Gasteiger partial charge in [-0.15, -0.1) is 0 Å². The lowest BCUT2D eigenvalue weighted by atomic mass is 9.85. The average molecular weight is 240 g/mol. The number of halogens is 1. The molecule has 2 nitrogen and oxygen atoms in total. The minimum absolute atomic E-state index is 0.647. The van der Waals surface area contributed by atoms with Crippen molar-refractivity contribution in [1.29, 1.82) is 0 Å². The van der Waals surface area contributed by atoms with Gasteiger partial charge in [0.2, 0.25) is 0 Å². The first-order valence-corrected chi connectivity index (χ1v) is 6.33. The van der Waals surface area contributed by atoms with E-state index in [1.165, 1.54) is 19.3 Å². The molecule has 1 aromatic carbocycles. The third kappa shape index (κ3) is 2.82. The standard InChI is InChI=1S/C13H18ClNO/c1-2-16-13-7-6-11(8-12(13)14)15-9-10-4-3-5-10/h6-8,10,15H,2-5,9H2,1H3. The molecule has 0 spiro atoms. The lowest BCUT2D eigenvalue weighted by Gasteiger charge is -2.25. The van der Waals surface area contributed by atoms with Gasteiger partial charge in [-0.05, 0) is 43.9 Å². The maximum atomic E-state index is 6.11. The van der Waals surface area contributed by atoms with Crippen LogP contribution in [0.25, 0.3) is 0 Å². The number of nitrogens with one attached hydrogen (secondary N) is 1. The Labute approximate surface area is 102 Å². The van der Waals surface area contributed by atoms with Crippen LogP contribution < -0.4 is 10.1 Å². The van der Waals surface area contributed by atoms with Gasteiger partial charge in [0.15, 0.2) is 0 Å². The van der Waals surface area contributed by atoms with Gasteiger partial charge < -0.3 is 10.1 Å². The molecule has 0 atom stereocenters. The van der Waals surface area contributed by atoms with E-state index in [0.29, 0.717) is 11.6 Å². The second kappa shape index (κ2) is 5.44. The molecule has 0 unspecified atom stereocenters. The topological polar surface area (TPSA) is 21.3 Å². The smallest absolute Gasteiger partial charge is 0.138 e. The largest absolute Gasteiger partial charge is 0.492 e. The Morgan fingerprint density at radius 3 is 2.81 bits per heavy atom. The van der Waals surface area contributed by atoms with E-state index < -0.39 is 0 Å². The van der Waals surface area contributed by atoms with Crippen molar-refractivity contribution >= 4 is 17.3 Å². The molecule has 0 bridgehead atoms. The van der Waals surface area contributed by atoms with Crippen LogP contribution in [0.3, 0.4) is 0 Å². The first kappa shape index (κ1) is 11.6. The summed E-state index contributed by atoms with van der Waals surface area (Å²) in [7, 11) is 0. The molecule has 3 heteroatoms. The van der Waals surface area contributed by atoms with Crippen LogP contribution in [0.5, 0.6) is 5.75 Å². The van der Waals surface area contributed by atoms with Gasteiger partial charge in [0.1, 0.15) is 5.75 Å². The number of ether oxygens (including phenoxy) is 1. The van der Waals surface area contributed by atoms with Crippen molar-refractivity contribution in [2.24, 2.45) is 5.92 Å². The lowest BCUT2D eigenvalue weighted by molar-refractivity contribution is 0.333. The van der Waals surface area contributed by atoms with E-state index in [-0.39, 0.29) is 0 Å². The zero-order valence-electron chi connectivity index (χ0n) is 9.63. The first-order valence-electron chi connectivity index (χ1n) is 5.96. The Kier molecular flexibility index (Phi) is 3.94. The van der Waals surface area contributed by atoms with E-state index in [0.717, 1.165) is 23.9 Å². The Morgan fingerprint density at radius 2 is 2.25 bits per heavy atom. The third-order valence-corrected chi connectivity index (χ3v) is 3.35. The molecule has 2 rings (SSSR count). The fourth-order valence-corrected chi connectivity index (χ4v) is 2.08.